The molecule has 2 heteroatoms. The number of nitrogens with one attached hydrogen (secondary N) is 1. The first-order valence-electron chi connectivity index (χ1n) is 7.14. The Kier molecular flexibility index (Phi) is 4.91. The monoisotopic (exact) mass is 271 g/mol. The van der Waals surface area contributed by atoms with E-state index in [4.69, 9.17) is 0 Å². The maximum absolute atomic E-state index is 13.3. The first-order valence-corrected chi connectivity index (χ1v) is 7.14. The molecule has 106 valence electrons. The van der Waals surface area contributed by atoms with Gasteiger partial charge >= 0.3 is 0 Å². The quantitative estimate of drug-likeness (QED) is 0.817. The van der Waals surface area contributed by atoms with Gasteiger partial charge in [-0.25, -0.2) is 4.39 Å². The van der Waals surface area contributed by atoms with Gasteiger partial charge in [-0.3, -0.25) is 0 Å². The van der Waals surface area contributed by atoms with Crippen LogP contribution in [0, 0.1) is 11.7 Å². The molecule has 2 aromatic rings. The minimum Gasteiger partial charge on any atom is -0.303 e. The number of hydrogen-bond donors (Lipinski definition) is 1. The average molecular weight is 271 g/mol. The van der Waals surface area contributed by atoms with E-state index >= 15 is 0 Å². The smallest absolute Gasteiger partial charge is 0.123 e. The third-order valence-electron chi connectivity index (χ3n) is 3.60. The highest BCUT2D eigenvalue weighted by molar-refractivity contribution is 5.23. The minimum absolute atomic E-state index is 0.110. The van der Waals surface area contributed by atoms with Crippen molar-refractivity contribution in [2.75, 3.05) is 0 Å². The molecule has 0 amide bonds. The Balaban J connectivity index is 2.17. The zero-order valence-corrected chi connectivity index (χ0v) is 12.3. The van der Waals surface area contributed by atoms with Crippen molar-refractivity contribution >= 4 is 0 Å². The zero-order valence-electron chi connectivity index (χ0n) is 12.3. The van der Waals surface area contributed by atoms with Crippen LogP contribution in [0.2, 0.25) is 0 Å². The SMILES string of the molecule is CC(NC(c1ccccc1)C(C)C)c1cccc(F)c1. The third kappa shape index (κ3) is 3.67. The fraction of sp³-hybridized carbons (Fsp3) is 0.333. The molecule has 0 radical (unpaired) electrons. The maximum atomic E-state index is 13.3. The molecule has 0 spiro atoms. The summed E-state index contributed by atoms with van der Waals surface area (Å²) in [6.07, 6.45) is 0. The summed E-state index contributed by atoms with van der Waals surface area (Å²) in [6, 6.07) is 17.6. The van der Waals surface area contributed by atoms with Gasteiger partial charge in [-0.1, -0.05) is 56.3 Å². The van der Waals surface area contributed by atoms with E-state index in [1.165, 1.54) is 11.6 Å². The maximum Gasteiger partial charge on any atom is 0.123 e. The summed E-state index contributed by atoms with van der Waals surface area (Å²) in [7, 11) is 0. The summed E-state index contributed by atoms with van der Waals surface area (Å²) in [5, 5.41) is 3.61. The summed E-state index contributed by atoms with van der Waals surface area (Å²) in [4.78, 5) is 0. The lowest BCUT2D eigenvalue weighted by atomic mass is 9.94. The van der Waals surface area contributed by atoms with Gasteiger partial charge in [0.05, 0.1) is 0 Å². The molecule has 0 fully saturated rings. The van der Waals surface area contributed by atoms with Gasteiger partial charge in [-0.2, -0.15) is 0 Å². The lowest BCUT2D eigenvalue weighted by Crippen LogP contribution is -2.28. The fourth-order valence-corrected chi connectivity index (χ4v) is 2.48. The van der Waals surface area contributed by atoms with Gasteiger partial charge in [0.1, 0.15) is 5.82 Å². The molecular weight excluding hydrogens is 249 g/mol. The normalized spacial score (nSPS) is 14.2. The average Bonchev–Trinajstić information content (AvgIpc) is 2.45. The molecule has 2 unspecified atom stereocenters. The number of hydrogen-bond acceptors (Lipinski definition) is 1. The highest BCUT2D eigenvalue weighted by atomic mass is 19.1. The molecule has 0 aliphatic rings. The van der Waals surface area contributed by atoms with Crippen LogP contribution in [0.15, 0.2) is 54.6 Å². The number of benzene rings is 2. The van der Waals surface area contributed by atoms with Gasteiger partial charge in [-0.05, 0) is 36.1 Å². The topological polar surface area (TPSA) is 12.0 Å². The molecule has 2 rings (SSSR count). The van der Waals surface area contributed by atoms with Gasteiger partial charge < -0.3 is 5.32 Å². The largest absolute Gasteiger partial charge is 0.303 e. The summed E-state index contributed by atoms with van der Waals surface area (Å²) in [5.41, 5.74) is 2.25. The predicted molar refractivity (Wildman–Crippen MR) is 82.0 cm³/mol. The standard InChI is InChI=1S/C18H22FN/c1-13(2)18(15-8-5-4-6-9-15)20-14(3)16-10-7-11-17(19)12-16/h4-14,18,20H,1-3H3. The summed E-state index contributed by atoms with van der Waals surface area (Å²) in [6.45, 7) is 6.47. The van der Waals surface area contributed by atoms with Crippen molar-refractivity contribution in [3.05, 3.63) is 71.5 Å². The second-order valence-electron chi connectivity index (χ2n) is 5.58. The molecule has 0 saturated heterocycles. The van der Waals surface area contributed by atoms with Gasteiger partial charge in [0.15, 0.2) is 0 Å². The van der Waals surface area contributed by atoms with E-state index in [1.54, 1.807) is 12.1 Å². The second-order valence-corrected chi connectivity index (χ2v) is 5.58. The van der Waals surface area contributed by atoms with E-state index in [9.17, 15) is 4.39 Å². The zero-order chi connectivity index (χ0) is 14.5. The lowest BCUT2D eigenvalue weighted by molar-refractivity contribution is 0.374. The molecule has 0 aliphatic carbocycles. The molecule has 0 heterocycles. The molecule has 2 aromatic carbocycles. The van der Waals surface area contributed by atoms with E-state index in [-0.39, 0.29) is 17.9 Å². The van der Waals surface area contributed by atoms with Crippen molar-refractivity contribution in [2.45, 2.75) is 32.9 Å². The Morgan fingerprint density at radius 3 is 2.10 bits per heavy atom. The number of rotatable bonds is 5. The van der Waals surface area contributed by atoms with Crippen LogP contribution in [0.3, 0.4) is 0 Å². The molecule has 0 aliphatic heterocycles. The van der Waals surface area contributed by atoms with E-state index in [0.29, 0.717) is 5.92 Å². The Hall–Kier alpha value is -1.67. The first-order chi connectivity index (χ1) is 9.58. The molecule has 0 aromatic heterocycles. The third-order valence-corrected chi connectivity index (χ3v) is 3.60. The van der Waals surface area contributed by atoms with Crippen molar-refractivity contribution in [2.24, 2.45) is 5.92 Å². The molecule has 1 N–H and O–H groups in total. The summed E-state index contributed by atoms with van der Waals surface area (Å²) in [5.74, 6) is 0.283. The van der Waals surface area contributed by atoms with Crippen LogP contribution in [0.4, 0.5) is 4.39 Å². The van der Waals surface area contributed by atoms with Crippen LogP contribution in [-0.4, -0.2) is 0 Å². The minimum atomic E-state index is -0.183. The lowest BCUT2D eigenvalue weighted by Gasteiger charge is -2.27. The summed E-state index contributed by atoms with van der Waals surface area (Å²) >= 11 is 0. The highest BCUT2D eigenvalue weighted by Crippen LogP contribution is 2.25. The molecule has 20 heavy (non-hydrogen) atoms. The van der Waals surface area contributed by atoms with Crippen molar-refractivity contribution in [1.29, 1.82) is 0 Å². The van der Waals surface area contributed by atoms with Gasteiger partial charge in [-0.15, -0.1) is 0 Å². The van der Waals surface area contributed by atoms with Gasteiger partial charge in [0.25, 0.3) is 0 Å². The van der Waals surface area contributed by atoms with E-state index < -0.39 is 0 Å². The van der Waals surface area contributed by atoms with Crippen molar-refractivity contribution < 1.29 is 4.39 Å². The van der Waals surface area contributed by atoms with E-state index in [2.05, 4.69) is 50.4 Å². The van der Waals surface area contributed by atoms with Crippen LogP contribution >= 0.6 is 0 Å². The van der Waals surface area contributed by atoms with Crippen LogP contribution in [0.1, 0.15) is 44.0 Å². The molecule has 2 atom stereocenters. The Bertz CT molecular complexity index is 536. The van der Waals surface area contributed by atoms with E-state index in [1.807, 2.05) is 12.1 Å². The van der Waals surface area contributed by atoms with Crippen molar-refractivity contribution in [3.63, 3.8) is 0 Å². The van der Waals surface area contributed by atoms with Crippen LogP contribution in [0.25, 0.3) is 0 Å². The van der Waals surface area contributed by atoms with Crippen LogP contribution in [-0.2, 0) is 0 Å². The Morgan fingerprint density at radius 1 is 0.850 bits per heavy atom. The highest BCUT2D eigenvalue weighted by Gasteiger charge is 2.18. The molecule has 1 nitrogen and oxygen atoms in total. The summed E-state index contributed by atoms with van der Waals surface area (Å²) < 4.78 is 13.3. The van der Waals surface area contributed by atoms with Gasteiger partial charge in [0, 0.05) is 12.1 Å². The second kappa shape index (κ2) is 6.67. The van der Waals surface area contributed by atoms with Crippen LogP contribution < -0.4 is 5.32 Å². The van der Waals surface area contributed by atoms with Gasteiger partial charge in [0.2, 0.25) is 0 Å². The molecule has 0 bridgehead atoms. The van der Waals surface area contributed by atoms with E-state index in [0.717, 1.165) is 5.56 Å². The van der Waals surface area contributed by atoms with Crippen LogP contribution in [0.5, 0.6) is 0 Å². The molecular formula is C18H22FN. The van der Waals surface area contributed by atoms with Crippen molar-refractivity contribution in [1.82, 2.24) is 5.32 Å². The predicted octanol–water partition coefficient (Wildman–Crippen LogP) is 4.87. The van der Waals surface area contributed by atoms with Crippen molar-refractivity contribution in [3.8, 4) is 0 Å². The Labute approximate surface area is 120 Å². The number of halogens is 1. The fourth-order valence-electron chi connectivity index (χ4n) is 2.48. The Morgan fingerprint density at radius 2 is 1.50 bits per heavy atom. The molecule has 0 saturated carbocycles. The first kappa shape index (κ1) is 14.7.